The number of carbonyl (C=O) groups is 1. The number of hydrogen-bond acceptors (Lipinski definition) is 1. The van der Waals surface area contributed by atoms with Crippen molar-refractivity contribution in [3.05, 3.63) is 112 Å². The van der Waals surface area contributed by atoms with Crippen LogP contribution in [0, 0.1) is 0 Å². The summed E-state index contributed by atoms with van der Waals surface area (Å²) in [5, 5.41) is 0. The summed E-state index contributed by atoms with van der Waals surface area (Å²) in [6.45, 7) is 4.51. The smallest absolute Gasteiger partial charge is 1.00 e. The van der Waals surface area contributed by atoms with Crippen LogP contribution < -0.4 is 24.8 Å². The minimum Gasteiger partial charge on any atom is -1.00 e. The summed E-state index contributed by atoms with van der Waals surface area (Å²) < 4.78 is 1.27. The number of rotatable bonds is 4. The predicted octanol–water partition coefficient (Wildman–Crippen LogP) is 0.623. The molecule has 0 saturated carbocycles. The Kier molecular flexibility index (Phi) is 7.86. The molecule has 2 aliphatic rings. The van der Waals surface area contributed by atoms with Gasteiger partial charge in [-0.2, -0.15) is 0 Å². The Balaban J connectivity index is 0.00000136. The van der Waals surface area contributed by atoms with E-state index in [9.17, 15) is 4.79 Å². The molecule has 0 spiro atoms. The van der Waals surface area contributed by atoms with Gasteiger partial charge in [-0.15, -0.1) is 0 Å². The molecule has 1 heterocycles. The van der Waals surface area contributed by atoms with Crippen LogP contribution in [0.2, 0.25) is 0 Å². The maximum absolute atomic E-state index is 14.1. The SMILES string of the molecule is CC1=C(C)[CH]([Zr+2]([C](=O)[si]2ccccc2)[CH]2C=Cc3ccccc32)c2ccccc21.[Cl-].[Cl-]. The van der Waals surface area contributed by atoms with E-state index in [-0.39, 0.29) is 24.8 Å². The number of allylic oxidation sites excluding steroid dienone is 3. The molecule has 0 bridgehead atoms. The van der Waals surface area contributed by atoms with Gasteiger partial charge in [-0.25, -0.2) is 0 Å². The second-order valence-corrected chi connectivity index (χ2v) is 17.5. The van der Waals surface area contributed by atoms with Gasteiger partial charge in [0.2, 0.25) is 0 Å². The van der Waals surface area contributed by atoms with Gasteiger partial charge in [0.05, 0.1) is 0 Å². The van der Waals surface area contributed by atoms with Gasteiger partial charge in [0.25, 0.3) is 0 Å². The second-order valence-electron chi connectivity index (χ2n) is 7.94. The number of carbonyl (C=O) groups excluding carboxylic acids is 1. The van der Waals surface area contributed by atoms with Crippen LogP contribution in [0.25, 0.3) is 11.6 Å². The van der Waals surface area contributed by atoms with E-state index in [1.54, 1.807) is 0 Å². The molecular formula is C26H23Cl2OSiZr. The van der Waals surface area contributed by atoms with E-state index < -0.39 is 30.1 Å². The van der Waals surface area contributed by atoms with Crippen molar-refractivity contribution >= 4 is 23.2 Å². The average Bonchev–Trinajstić information content (AvgIpc) is 3.30. The van der Waals surface area contributed by atoms with Gasteiger partial charge >= 0.3 is 183 Å². The Hall–Kier alpha value is -1.38. The molecule has 1 aromatic heterocycles. The molecule has 2 atom stereocenters. The summed E-state index contributed by atoms with van der Waals surface area (Å²) in [6, 6.07) is 23.6. The molecule has 0 amide bonds. The van der Waals surface area contributed by atoms with Gasteiger partial charge in [-0.3, -0.25) is 0 Å². The van der Waals surface area contributed by atoms with Crippen LogP contribution in [0.1, 0.15) is 43.4 Å². The molecule has 0 N–H and O–H groups in total. The van der Waals surface area contributed by atoms with Crippen LogP contribution in [0.3, 0.4) is 0 Å². The van der Waals surface area contributed by atoms with Crippen LogP contribution in [0.5, 0.6) is 0 Å². The molecule has 0 saturated heterocycles. The molecule has 0 fully saturated rings. The van der Waals surface area contributed by atoms with E-state index in [1.165, 1.54) is 33.4 Å². The third kappa shape index (κ3) is 4.18. The Morgan fingerprint density at radius 3 is 2.23 bits per heavy atom. The van der Waals surface area contributed by atoms with Gasteiger partial charge < -0.3 is 24.8 Å². The summed E-state index contributed by atoms with van der Waals surface area (Å²) in [7, 11) is -1.24. The molecule has 0 radical (unpaired) electrons. The Labute approximate surface area is 206 Å². The maximum Gasteiger partial charge on any atom is -1.00 e. The largest absolute Gasteiger partial charge is 1.00 e. The number of halogens is 2. The number of hydrogen-bond donors (Lipinski definition) is 0. The van der Waals surface area contributed by atoms with E-state index in [1.807, 2.05) is 6.07 Å². The summed E-state index contributed by atoms with van der Waals surface area (Å²) in [5.41, 5.74) is 12.6. The molecule has 5 heteroatoms. The third-order valence-electron chi connectivity index (χ3n) is 6.44. The molecule has 2 unspecified atom stereocenters. The van der Waals surface area contributed by atoms with Crippen molar-refractivity contribution in [2.45, 2.75) is 21.1 Å². The van der Waals surface area contributed by atoms with E-state index in [0.717, 1.165) is 0 Å². The molecule has 3 aromatic rings. The van der Waals surface area contributed by atoms with Crippen LogP contribution in [-0.2, 0) is 21.8 Å². The molecule has 2 aliphatic carbocycles. The summed E-state index contributed by atoms with van der Waals surface area (Å²) in [6.07, 6.45) is 4.60. The first-order valence-electron chi connectivity index (χ1n) is 10.2. The van der Waals surface area contributed by atoms with Gasteiger partial charge in [-0.1, -0.05) is 0 Å². The zero-order valence-electron chi connectivity index (χ0n) is 17.5. The van der Waals surface area contributed by atoms with Crippen molar-refractivity contribution in [2.75, 3.05) is 0 Å². The molecule has 0 aliphatic heterocycles. The number of fused-ring (bicyclic) bond motifs is 2. The molecule has 5 rings (SSSR count). The van der Waals surface area contributed by atoms with Gasteiger partial charge in [0, 0.05) is 0 Å². The van der Waals surface area contributed by atoms with Crippen molar-refractivity contribution < 1.29 is 51.4 Å². The Morgan fingerprint density at radius 1 is 0.839 bits per heavy atom. The maximum atomic E-state index is 14.1. The molecule has 1 nitrogen and oxygen atoms in total. The topological polar surface area (TPSA) is 17.1 Å². The fourth-order valence-corrected chi connectivity index (χ4v) is 19.3. The van der Waals surface area contributed by atoms with Gasteiger partial charge in [0.15, 0.2) is 0 Å². The summed E-state index contributed by atoms with van der Waals surface area (Å²) in [5.74, 6) is 0. The fourth-order valence-electron chi connectivity index (χ4n) is 4.88. The molecule has 155 valence electrons. The zero-order valence-corrected chi connectivity index (χ0v) is 22.4. The zero-order chi connectivity index (χ0) is 20.0. The van der Waals surface area contributed by atoms with Crippen LogP contribution in [0.4, 0.5) is 4.79 Å². The second kappa shape index (κ2) is 10.0. The van der Waals surface area contributed by atoms with Gasteiger partial charge in [-0.05, 0) is 0 Å². The van der Waals surface area contributed by atoms with E-state index in [0.29, 0.717) is 10.4 Å². The third-order valence-corrected chi connectivity index (χ3v) is 19.4. The Morgan fingerprint density at radius 2 is 1.48 bits per heavy atom. The number of benzene rings is 2. The quantitative estimate of drug-likeness (QED) is 0.443. The average molecular weight is 542 g/mol. The summed E-state index contributed by atoms with van der Waals surface area (Å²) >= 11 is -2.70. The monoisotopic (exact) mass is 539 g/mol. The van der Waals surface area contributed by atoms with Crippen molar-refractivity contribution in [1.82, 2.24) is 0 Å². The molecular weight excluding hydrogens is 519 g/mol. The van der Waals surface area contributed by atoms with E-state index in [2.05, 4.69) is 98.0 Å². The van der Waals surface area contributed by atoms with Crippen LogP contribution in [0.15, 0.2) is 89.7 Å². The first-order chi connectivity index (χ1) is 14.2. The molecule has 2 aromatic carbocycles. The van der Waals surface area contributed by atoms with Crippen molar-refractivity contribution in [3.8, 4) is 0 Å². The minimum atomic E-state index is -2.70. The predicted molar refractivity (Wildman–Crippen MR) is 119 cm³/mol. The minimum absolute atomic E-state index is 0. The standard InChI is InChI=1S/C11H11.C9H7.C6H5OSi.2ClH.Zr/c1-8-7-10-5-3-4-6-11(10)9(8)2;1-2-5-9-7-3-6-8(9)4-1;7-6-8-4-2-1-3-5-8;;;/h3-7H,1-2H3;1-7H;1-5H;2*1H;/q;;;;;+2/p-2. The van der Waals surface area contributed by atoms with E-state index in [4.69, 9.17) is 0 Å². The van der Waals surface area contributed by atoms with Gasteiger partial charge in [0.1, 0.15) is 0 Å². The first kappa shape index (κ1) is 24.3. The first-order valence-corrected chi connectivity index (χ1v) is 15.9. The van der Waals surface area contributed by atoms with Crippen molar-refractivity contribution in [1.29, 1.82) is 0 Å². The molecule has 31 heavy (non-hydrogen) atoms. The fraction of sp³-hybridized carbons (Fsp3) is 0.154. The normalized spacial score (nSPS) is 18.0. The van der Waals surface area contributed by atoms with Crippen molar-refractivity contribution in [2.24, 2.45) is 0 Å². The van der Waals surface area contributed by atoms with Crippen LogP contribution in [-0.4, -0.2) is 11.5 Å². The van der Waals surface area contributed by atoms with Crippen molar-refractivity contribution in [3.63, 3.8) is 0 Å². The Bertz CT molecular complexity index is 1170. The van der Waals surface area contributed by atoms with Crippen LogP contribution >= 0.6 is 0 Å². The summed E-state index contributed by atoms with van der Waals surface area (Å²) in [4.78, 5) is 14.1. The van der Waals surface area contributed by atoms with E-state index >= 15 is 0 Å².